The minimum absolute atomic E-state index is 0.0512. The molecule has 0 radical (unpaired) electrons. The highest BCUT2D eigenvalue weighted by Crippen LogP contribution is 2.21. The van der Waals surface area contributed by atoms with Gasteiger partial charge in [0.15, 0.2) is 5.75 Å². The van der Waals surface area contributed by atoms with E-state index in [1.165, 1.54) is 29.0 Å². The van der Waals surface area contributed by atoms with Gasteiger partial charge in [0.1, 0.15) is 5.82 Å². The Bertz CT molecular complexity index is 1070. The Morgan fingerprint density at radius 2 is 1.83 bits per heavy atom. The van der Waals surface area contributed by atoms with Gasteiger partial charge >= 0.3 is 0 Å². The first-order valence-electron chi connectivity index (χ1n) is 9.40. The lowest BCUT2D eigenvalue weighted by Crippen LogP contribution is -2.28. The van der Waals surface area contributed by atoms with Crippen molar-refractivity contribution in [1.29, 1.82) is 0 Å². The molecule has 1 aromatic heterocycles. The summed E-state index contributed by atoms with van der Waals surface area (Å²) in [5, 5.41) is 12.9. The third-order valence-electron chi connectivity index (χ3n) is 4.50. The van der Waals surface area contributed by atoms with Crippen molar-refractivity contribution in [3.05, 3.63) is 88.1 Å². The average molecular weight is 394 g/mol. The number of carbonyl (C=O) groups excluding carboxylic acids is 1. The maximum Gasteiger partial charge on any atom is 0.293 e. The monoisotopic (exact) mass is 394 g/mol. The summed E-state index contributed by atoms with van der Waals surface area (Å²) in [4.78, 5) is 24.7. The number of pyridine rings is 1. The second-order valence-electron chi connectivity index (χ2n) is 7.32. The summed E-state index contributed by atoms with van der Waals surface area (Å²) in [6.45, 7) is 4.61. The first-order chi connectivity index (χ1) is 13.8. The molecule has 0 spiro atoms. The summed E-state index contributed by atoms with van der Waals surface area (Å²) >= 11 is 0. The maximum absolute atomic E-state index is 13.1. The Balaban J connectivity index is 1.73. The van der Waals surface area contributed by atoms with Crippen molar-refractivity contribution in [3.63, 3.8) is 0 Å². The summed E-state index contributed by atoms with van der Waals surface area (Å²) in [6, 6.07) is 15.1. The summed E-state index contributed by atoms with van der Waals surface area (Å²) in [6.07, 6.45) is 1.52. The highest BCUT2D eigenvalue weighted by Gasteiger charge is 2.16. The van der Waals surface area contributed by atoms with Crippen molar-refractivity contribution in [1.82, 2.24) is 9.88 Å². The van der Waals surface area contributed by atoms with Gasteiger partial charge in [-0.15, -0.1) is 0 Å². The molecule has 0 saturated carbocycles. The molecule has 0 unspecified atom stereocenters. The van der Waals surface area contributed by atoms with E-state index >= 15 is 0 Å². The number of aromatic nitrogens is 1. The predicted molar refractivity (Wildman–Crippen MR) is 110 cm³/mol. The van der Waals surface area contributed by atoms with Gasteiger partial charge in [-0.25, -0.2) is 4.39 Å². The van der Waals surface area contributed by atoms with E-state index in [1.54, 1.807) is 12.1 Å². The van der Waals surface area contributed by atoms with Gasteiger partial charge in [-0.2, -0.15) is 0 Å². The molecule has 0 aliphatic carbocycles. The number of hydrogen-bond acceptors (Lipinski definition) is 3. The molecule has 6 heteroatoms. The highest BCUT2D eigenvalue weighted by atomic mass is 19.1. The van der Waals surface area contributed by atoms with Gasteiger partial charge in [-0.1, -0.05) is 44.2 Å². The van der Waals surface area contributed by atoms with Gasteiger partial charge in [0.25, 0.3) is 11.5 Å². The van der Waals surface area contributed by atoms with Crippen LogP contribution in [0.15, 0.2) is 65.6 Å². The topological polar surface area (TPSA) is 71.3 Å². The second-order valence-corrected chi connectivity index (χ2v) is 7.32. The SMILES string of the molecule is CC(C)Cn1ccc(C(=O)NCc2cccc(-c3ccc(F)cc3)c2)c(O)c1=O. The Hall–Kier alpha value is -3.41. The molecule has 3 rings (SSSR count). The van der Waals surface area contributed by atoms with Crippen LogP contribution in [0.5, 0.6) is 5.75 Å². The first kappa shape index (κ1) is 20.3. The van der Waals surface area contributed by atoms with Crippen molar-refractivity contribution in [2.24, 2.45) is 5.92 Å². The fourth-order valence-corrected chi connectivity index (χ4v) is 3.06. The van der Waals surface area contributed by atoms with E-state index in [9.17, 15) is 19.1 Å². The molecule has 0 saturated heterocycles. The molecule has 5 nitrogen and oxygen atoms in total. The van der Waals surface area contributed by atoms with Crippen molar-refractivity contribution in [2.75, 3.05) is 0 Å². The zero-order valence-corrected chi connectivity index (χ0v) is 16.4. The summed E-state index contributed by atoms with van der Waals surface area (Å²) in [5.74, 6) is -1.14. The maximum atomic E-state index is 13.1. The molecule has 0 fully saturated rings. The molecule has 1 heterocycles. The van der Waals surface area contributed by atoms with Crippen LogP contribution in [-0.4, -0.2) is 15.6 Å². The lowest BCUT2D eigenvalue weighted by Gasteiger charge is -2.12. The van der Waals surface area contributed by atoms with Crippen LogP contribution in [0.25, 0.3) is 11.1 Å². The van der Waals surface area contributed by atoms with E-state index in [4.69, 9.17) is 0 Å². The van der Waals surface area contributed by atoms with E-state index < -0.39 is 17.2 Å². The van der Waals surface area contributed by atoms with Crippen LogP contribution in [0.4, 0.5) is 4.39 Å². The smallest absolute Gasteiger partial charge is 0.293 e. The van der Waals surface area contributed by atoms with Crippen molar-refractivity contribution < 1.29 is 14.3 Å². The van der Waals surface area contributed by atoms with E-state index in [1.807, 2.05) is 38.1 Å². The van der Waals surface area contributed by atoms with Crippen molar-refractivity contribution in [2.45, 2.75) is 26.9 Å². The lowest BCUT2D eigenvalue weighted by molar-refractivity contribution is 0.0947. The Morgan fingerprint density at radius 3 is 2.52 bits per heavy atom. The molecule has 0 aliphatic rings. The first-order valence-corrected chi connectivity index (χ1v) is 9.40. The van der Waals surface area contributed by atoms with E-state index in [2.05, 4.69) is 5.32 Å². The largest absolute Gasteiger partial charge is 0.502 e. The number of aromatic hydroxyl groups is 1. The molecule has 0 atom stereocenters. The van der Waals surface area contributed by atoms with Gasteiger partial charge in [0, 0.05) is 19.3 Å². The summed E-state index contributed by atoms with van der Waals surface area (Å²) in [7, 11) is 0. The molecule has 2 aromatic carbocycles. The molecule has 0 bridgehead atoms. The van der Waals surface area contributed by atoms with Crippen LogP contribution in [0, 0.1) is 11.7 Å². The van der Waals surface area contributed by atoms with Crippen molar-refractivity contribution in [3.8, 4) is 16.9 Å². The fraction of sp³-hybridized carbons (Fsp3) is 0.217. The van der Waals surface area contributed by atoms with Crippen LogP contribution < -0.4 is 10.9 Å². The van der Waals surface area contributed by atoms with E-state index in [-0.39, 0.29) is 23.8 Å². The third-order valence-corrected chi connectivity index (χ3v) is 4.50. The number of carbonyl (C=O) groups is 1. The van der Waals surface area contributed by atoms with Crippen LogP contribution >= 0.6 is 0 Å². The van der Waals surface area contributed by atoms with Crippen molar-refractivity contribution >= 4 is 5.91 Å². The molecular weight excluding hydrogens is 371 g/mol. The molecule has 0 aliphatic heterocycles. The minimum atomic E-state index is -0.579. The highest BCUT2D eigenvalue weighted by molar-refractivity contribution is 5.96. The normalized spacial score (nSPS) is 10.9. The minimum Gasteiger partial charge on any atom is -0.502 e. The van der Waals surface area contributed by atoms with E-state index in [0.717, 1.165) is 16.7 Å². The Morgan fingerprint density at radius 1 is 1.10 bits per heavy atom. The lowest BCUT2D eigenvalue weighted by atomic mass is 10.0. The molecule has 2 N–H and O–H groups in total. The molecule has 3 aromatic rings. The van der Waals surface area contributed by atoms with Crippen LogP contribution in [0.1, 0.15) is 29.8 Å². The second kappa shape index (κ2) is 8.73. The Kier molecular flexibility index (Phi) is 6.12. The van der Waals surface area contributed by atoms with Gasteiger partial charge in [-0.3, -0.25) is 9.59 Å². The van der Waals surface area contributed by atoms with Crippen LogP contribution in [0.3, 0.4) is 0 Å². The Labute approximate surface area is 168 Å². The summed E-state index contributed by atoms with van der Waals surface area (Å²) in [5.41, 5.74) is 1.98. The third kappa shape index (κ3) is 4.90. The number of rotatable bonds is 6. The molecule has 150 valence electrons. The number of hydrogen-bond donors (Lipinski definition) is 2. The quantitative estimate of drug-likeness (QED) is 0.665. The predicted octanol–water partition coefficient (Wildman–Crippen LogP) is 3.95. The number of amides is 1. The number of nitrogens with one attached hydrogen (secondary N) is 1. The van der Waals surface area contributed by atoms with E-state index in [0.29, 0.717) is 6.54 Å². The molecule has 1 amide bonds. The number of benzene rings is 2. The van der Waals surface area contributed by atoms with Crippen LogP contribution in [0.2, 0.25) is 0 Å². The number of nitrogens with zero attached hydrogens (tertiary/aromatic N) is 1. The van der Waals surface area contributed by atoms with Gasteiger partial charge in [0.05, 0.1) is 5.56 Å². The fourth-order valence-electron chi connectivity index (χ4n) is 3.06. The molecule has 29 heavy (non-hydrogen) atoms. The number of halogens is 1. The standard InChI is InChI=1S/C23H23FN2O3/c1-15(2)14-26-11-10-20(21(27)23(26)29)22(28)25-13-16-4-3-5-18(12-16)17-6-8-19(24)9-7-17/h3-12,15,27H,13-14H2,1-2H3,(H,25,28). The molecular formula is C23H23FN2O3. The summed E-state index contributed by atoms with van der Waals surface area (Å²) < 4.78 is 14.5. The zero-order chi connectivity index (χ0) is 21.0. The van der Waals surface area contributed by atoms with Gasteiger partial charge in [0.2, 0.25) is 0 Å². The average Bonchev–Trinajstić information content (AvgIpc) is 2.70. The zero-order valence-electron chi connectivity index (χ0n) is 16.4. The van der Waals surface area contributed by atoms with Crippen LogP contribution in [-0.2, 0) is 13.1 Å². The van der Waals surface area contributed by atoms with Gasteiger partial charge in [-0.05, 0) is 46.9 Å². The van der Waals surface area contributed by atoms with Gasteiger partial charge < -0.3 is 15.0 Å².